The number of anilines is 2. The van der Waals surface area contributed by atoms with Crippen LogP contribution in [0.25, 0.3) is 0 Å². The van der Waals surface area contributed by atoms with E-state index in [-0.39, 0.29) is 24.3 Å². The van der Waals surface area contributed by atoms with Crippen LogP contribution in [0, 0.1) is 0 Å². The third-order valence-corrected chi connectivity index (χ3v) is 5.61. The number of ether oxygens (including phenoxy) is 1. The lowest BCUT2D eigenvalue weighted by Crippen LogP contribution is -2.29. The van der Waals surface area contributed by atoms with Crippen LogP contribution in [-0.2, 0) is 4.79 Å². The third kappa shape index (κ3) is 4.25. The molecule has 0 saturated heterocycles. The third-order valence-electron chi connectivity index (χ3n) is 5.61. The topological polar surface area (TPSA) is 75.7 Å². The Balaban J connectivity index is 1.40. The van der Waals surface area contributed by atoms with E-state index >= 15 is 0 Å². The first-order chi connectivity index (χ1) is 15.5. The fourth-order valence-corrected chi connectivity index (χ4v) is 3.62. The Morgan fingerprint density at radius 1 is 0.938 bits per heavy atom. The second kappa shape index (κ2) is 9.06. The highest BCUT2D eigenvalue weighted by Gasteiger charge is 2.36. The van der Waals surface area contributed by atoms with Crippen molar-refractivity contribution < 1.29 is 19.1 Å². The van der Waals surface area contributed by atoms with Gasteiger partial charge in [-0.25, -0.2) is 4.90 Å². The molecule has 3 aromatic rings. The van der Waals surface area contributed by atoms with Crippen molar-refractivity contribution in [2.75, 3.05) is 16.8 Å². The Morgan fingerprint density at radius 2 is 1.59 bits per heavy atom. The Bertz CT molecular complexity index is 1140. The van der Waals surface area contributed by atoms with Crippen molar-refractivity contribution in [3.8, 4) is 5.75 Å². The average molecular weight is 428 g/mol. The summed E-state index contributed by atoms with van der Waals surface area (Å²) >= 11 is 0. The predicted octanol–water partition coefficient (Wildman–Crippen LogP) is 5.02. The van der Waals surface area contributed by atoms with Gasteiger partial charge in [-0.2, -0.15) is 0 Å². The number of amides is 3. The second-order valence-electron chi connectivity index (χ2n) is 7.76. The zero-order valence-corrected chi connectivity index (χ0v) is 18.0. The molecular weight excluding hydrogens is 404 g/mol. The van der Waals surface area contributed by atoms with E-state index in [0.29, 0.717) is 34.2 Å². The number of carbonyl (C=O) groups excluding carboxylic acids is 3. The average Bonchev–Trinajstić information content (AvgIpc) is 3.08. The Kier molecular flexibility index (Phi) is 6.03. The maximum Gasteiger partial charge on any atom is 0.266 e. The van der Waals surface area contributed by atoms with Crippen LogP contribution < -0.4 is 15.0 Å². The molecule has 3 amide bonds. The fourth-order valence-electron chi connectivity index (χ4n) is 3.62. The molecule has 0 aliphatic carbocycles. The molecule has 6 nitrogen and oxygen atoms in total. The minimum Gasteiger partial charge on any atom is -0.484 e. The molecule has 0 aromatic heterocycles. The highest BCUT2D eigenvalue weighted by molar-refractivity contribution is 6.34. The number of carbonyl (C=O) groups is 3. The van der Waals surface area contributed by atoms with Gasteiger partial charge in [0.05, 0.1) is 16.8 Å². The molecule has 1 atom stereocenters. The van der Waals surface area contributed by atoms with Crippen LogP contribution in [0.1, 0.15) is 52.5 Å². The minimum atomic E-state index is -0.377. The van der Waals surface area contributed by atoms with Crippen LogP contribution in [0.2, 0.25) is 0 Å². The Morgan fingerprint density at radius 3 is 2.22 bits per heavy atom. The van der Waals surface area contributed by atoms with E-state index in [0.717, 1.165) is 11.3 Å². The van der Waals surface area contributed by atoms with Crippen molar-refractivity contribution in [3.63, 3.8) is 0 Å². The summed E-state index contributed by atoms with van der Waals surface area (Å²) in [7, 11) is 0. The lowest BCUT2D eigenvalue weighted by atomic mass is 9.99. The highest BCUT2D eigenvalue weighted by Crippen LogP contribution is 2.29. The van der Waals surface area contributed by atoms with E-state index in [4.69, 9.17) is 4.74 Å². The summed E-state index contributed by atoms with van der Waals surface area (Å²) in [6.45, 7) is 4.15. The molecule has 0 saturated carbocycles. The van der Waals surface area contributed by atoms with E-state index in [2.05, 4.69) is 19.2 Å². The molecule has 162 valence electrons. The maximum atomic E-state index is 12.7. The van der Waals surface area contributed by atoms with Gasteiger partial charge < -0.3 is 10.1 Å². The SMILES string of the molecule is CCC(C)c1ccc(OCC(=O)Nc2cccc(N3C(=O)c4ccccc4C3=O)c2)cc1. The number of rotatable bonds is 7. The summed E-state index contributed by atoms with van der Waals surface area (Å²) < 4.78 is 5.58. The van der Waals surface area contributed by atoms with Crippen molar-refractivity contribution >= 4 is 29.1 Å². The van der Waals surface area contributed by atoms with E-state index in [1.54, 1.807) is 48.5 Å². The molecule has 32 heavy (non-hydrogen) atoms. The molecular formula is C26H24N2O4. The quantitative estimate of drug-likeness (QED) is 0.536. The number of benzene rings is 3. The molecule has 0 radical (unpaired) electrons. The van der Waals surface area contributed by atoms with E-state index in [9.17, 15) is 14.4 Å². The predicted molar refractivity (Wildman–Crippen MR) is 123 cm³/mol. The number of hydrogen-bond acceptors (Lipinski definition) is 4. The Labute approximate surface area is 186 Å². The van der Waals surface area contributed by atoms with E-state index < -0.39 is 0 Å². The van der Waals surface area contributed by atoms with Gasteiger partial charge >= 0.3 is 0 Å². The zero-order chi connectivity index (χ0) is 22.7. The van der Waals surface area contributed by atoms with Gasteiger partial charge in [0.1, 0.15) is 5.75 Å². The molecule has 0 bridgehead atoms. The number of hydrogen-bond donors (Lipinski definition) is 1. The fraction of sp³-hybridized carbons (Fsp3) is 0.192. The molecule has 4 rings (SSSR count). The maximum absolute atomic E-state index is 12.7. The number of fused-ring (bicyclic) bond motifs is 1. The number of nitrogens with zero attached hydrogens (tertiary/aromatic N) is 1. The van der Waals surface area contributed by atoms with Crippen LogP contribution in [-0.4, -0.2) is 24.3 Å². The van der Waals surface area contributed by atoms with Gasteiger partial charge in [-0.3, -0.25) is 14.4 Å². The smallest absolute Gasteiger partial charge is 0.266 e. The highest BCUT2D eigenvalue weighted by atomic mass is 16.5. The molecule has 6 heteroatoms. The standard InChI is InChI=1S/C26H24N2O4/c1-3-17(2)18-11-13-21(14-12-18)32-16-24(29)27-19-7-6-8-20(15-19)28-25(30)22-9-4-5-10-23(22)26(28)31/h4-15,17H,3,16H2,1-2H3,(H,27,29). The van der Waals surface area contributed by atoms with Crippen LogP contribution >= 0.6 is 0 Å². The first-order valence-electron chi connectivity index (χ1n) is 10.6. The van der Waals surface area contributed by atoms with Crippen LogP contribution in [0.15, 0.2) is 72.8 Å². The van der Waals surface area contributed by atoms with Crippen molar-refractivity contribution in [2.24, 2.45) is 0 Å². The van der Waals surface area contributed by atoms with Crippen molar-refractivity contribution in [2.45, 2.75) is 26.2 Å². The summed E-state index contributed by atoms with van der Waals surface area (Å²) in [5, 5.41) is 2.75. The van der Waals surface area contributed by atoms with Crippen LogP contribution in [0.5, 0.6) is 5.75 Å². The molecule has 1 heterocycles. The number of nitrogens with one attached hydrogen (secondary N) is 1. The molecule has 1 aliphatic rings. The van der Waals surface area contributed by atoms with Crippen molar-refractivity contribution in [1.29, 1.82) is 0 Å². The zero-order valence-electron chi connectivity index (χ0n) is 18.0. The monoisotopic (exact) mass is 428 g/mol. The molecule has 3 aromatic carbocycles. The van der Waals surface area contributed by atoms with E-state index in [1.807, 2.05) is 24.3 Å². The Hall–Kier alpha value is -3.93. The summed E-state index contributed by atoms with van der Waals surface area (Å²) in [5.74, 6) is 0.000719. The molecule has 0 fully saturated rings. The van der Waals surface area contributed by atoms with Gasteiger partial charge in [0.25, 0.3) is 17.7 Å². The largest absolute Gasteiger partial charge is 0.484 e. The second-order valence-corrected chi connectivity index (χ2v) is 7.76. The first-order valence-corrected chi connectivity index (χ1v) is 10.6. The van der Waals surface area contributed by atoms with Crippen LogP contribution in [0.4, 0.5) is 11.4 Å². The molecule has 1 N–H and O–H groups in total. The van der Waals surface area contributed by atoms with Crippen molar-refractivity contribution in [1.82, 2.24) is 0 Å². The van der Waals surface area contributed by atoms with Gasteiger partial charge in [-0.05, 0) is 60.4 Å². The van der Waals surface area contributed by atoms with Crippen molar-refractivity contribution in [3.05, 3.63) is 89.5 Å². The molecule has 0 spiro atoms. The summed E-state index contributed by atoms with van der Waals surface area (Å²) in [6, 6.07) is 21.1. The summed E-state index contributed by atoms with van der Waals surface area (Å²) in [6.07, 6.45) is 1.06. The summed E-state index contributed by atoms with van der Waals surface area (Å²) in [4.78, 5) is 38.9. The van der Waals surface area contributed by atoms with Gasteiger partial charge in [-0.15, -0.1) is 0 Å². The lowest BCUT2D eigenvalue weighted by Gasteiger charge is -2.15. The van der Waals surface area contributed by atoms with Crippen LogP contribution in [0.3, 0.4) is 0 Å². The minimum absolute atomic E-state index is 0.153. The molecule has 1 unspecified atom stereocenters. The molecule has 1 aliphatic heterocycles. The normalized spacial score (nSPS) is 13.6. The number of imide groups is 1. The van der Waals surface area contributed by atoms with Gasteiger partial charge in [0, 0.05) is 5.69 Å². The lowest BCUT2D eigenvalue weighted by molar-refractivity contribution is -0.118. The van der Waals surface area contributed by atoms with Gasteiger partial charge in [0.2, 0.25) is 0 Å². The first kappa shape index (κ1) is 21.3. The van der Waals surface area contributed by atoms with E-state index in [1.165, 1.54) is 5.56 Å². The van der Waals surface area contributed by atoms with Gasteiger partial charge in [-0.1, -0.05) is 44.2 Å². The van der Waals surface area contributed by atoms with Gasteiger partial charge in [0.15, 0.2) is 6.61 Å². The summed E-state index contributed by atoms with van der Waals surface area (Å²) in [5.41, 5.74) is 2.85.